The van der Waals surface area contributed by atoms with Crippen LogP contribution < -0.4 is 5.32 Å². The monoisotopic (exact) mass is 349 g/mol. The van der Waals surface area contributed by atoms with Crippen molar-refractivity contribution in [3.05, 3.63) is 18.2 Å². The zero-order valence-corrected chi connectivity index (χ0v) is 14.6. The molecule has 8 heteroatoms. The van der Waals surface area contributed by atoms with Crippen LogP contribution in [0.5, 0.6) is 0 Å². The summed E-state index contributed by atoms with van der Waals surface area (Å²) >= 11 is 0. The van der Waals surface area contributed by atoms with Crippen LogP contribution in [0.3, 0.4) is 0 Å². The molecule has 2 N–H and O–H groups in total. The predicted octanol–water partition coefficient (Wildman–Crippen LogP) is -0.0132. The van der Waals surface area contributed by atoms with Crippen molar-refractivity contribution >= 4 is 11.8 Å². The van der Waals surface area contributed by atoms with Gasteiger partial charge in [-0.15, -0.1) is 0 Å². The first-order valence-electron chi connectivity index (χ1n) is 9.06. The Hall–Kier alpha value is -1.93. The minimum Gasteiger partial charge on any atom is -0.379 e. The minimum absolute atomic E-state index is 0.00193. The number of H-pyrrole nitrogens is 1. The molecule has 1 aromatic rings. The molecule has 0 unspecified atom stereocenters. The topological polar surface area (TPSA) is 90.6 Å². The van der Waals surface area contributed by atoms with Crippen LogP contribution >= 0.6 is 0 Å². The second-order valence-corrected chi connectivity index (χ2v) is 6.64. The summed E-state index contributed by atoms with van der Waals surface area (Å²) in [6, 6.07) is 0. The summed E-state index contributed by atoms with van der Waals surface area (Å²) in [4.78, 5) is 35.8. The number of nitrogens with zero attached hydrogens (tertiary/aromatic N) is 3. The Kier molecular flexibility index (Phi) is 6.41. The van der Waals surface area contributed by atoms with Crippen molar-refractivity contribution in [3.8, 4) is 0 Å². The van der Waals surface area contributed by atoms with E-state index in [9.17, 15) is 9.59 Å². The van der Waals surface area contributed by atoms with Crippen molar-refractivity contribution in [1.82, 2.24) is 25.1 Å². The molecule has 0 radical (unpaired) electrons. The lowest BCUT2D eigenvalue weighted by molar-refractivity contribution is -0.138. The molecule has 138 valence electrons. The number of hydrogen-bond donors (Lipinski definition) is 2. The van der Waals surface area contributed by atoms with Crippen LogP contribution in [-0.4, -0.2) is 77.5 Å². The molecular formula is C17H27N5O3. The van der Waals surface area contributed by atoms with Gasteiger partial charge in [0, 0.05) is 51.5 Å². The molecule has 2 fully saturated rings. The first-order valence-corrected chi connectivity index (χ1v) is 9.06. The molecule has 0 aromatic carbocycles. The maximum Gasteiger partial charge on any atom is 0.225 e. The number of likely N-dealkylation sites (tertiary alicyclic amines) is 1. The number of carbonyl (C=O) groups is 2. The van der Waals surface area contributed by atoms with Crippen LogP contribution in [0.25, 0.3) is 0 Å². The van der Waals surface area contributed by atoms with E-state index in [4.69, 9.17) is 4.74 Å². The van der Waals surface area contributed by atoms with Crippen molar-refractivity contribution in [2.24, 2.45) is 5.92 Å². The number of morpholine rings is 1. The number of ether oxygens (including phenoxy) is 1. The highest BCUT2D eigenvalue weighted by Gasteiger charge is 2.30. The number of aromatic amines is 1. The van der Waals surface area contributed by atoms with E-state index in [2.05, 4.69) is 20.2 Å². The third-order valence-corrected chi connectivity index (χ3v) is 4.86. The Morgan fingerprint density at radius 2 is 2.20 bits per heavy atom. The highest BCUT2D eigenvalue weighted by Crippen LogP contribution is 2.18. The lowest BCUT2D eigenvalue weighted by atomic mass is 9.96. The molecule has 2 aliphatic heterocycles. The van der Waals surface area contributed by atoms with Crippen LogP contribution in [0.4, 0.5) is 0 Å². The molecule has 0 aliphatic carbocycles. The van der Waals surface area contributed by atoms with E-state index in [0.29, 0.717) is 25.9 Å². The quantitative estimate of drug-likeness (QED) is 0.722. The zero-order chi connectivity index (χ0) is 17.5. The van der Waals surface area contributed by atoms with E-state index < -0.39 is 0 Å². The van der Waals surface area contributed by atoms with Crippen molar-refractivity contribution in [2.45, 2.75) is 25.8 Å². The Bertz CT molecular complexity index is 557. The summed E-state index contributed by atoms with van der Waals surface area (Å²) in [5.41, 5.74) is 0. The fraction of sp³-hybridized carbons (Fsp3) is 0.706. The number of amides is 2. The Morgan fingerprint density at radius 1 is 1.36 bits per heavy atom. The van der Waals surface area contributed by atoms with Gasteiger partial charge in [-0.1, -0.05) is 0 Å². The molecular weight excluding hydrogens is 322 g/mol. The predicted molar refractivity (Wildman–Crippen MR) is 91.6 cm³/mol. The van der Waals surface area contributed by atoms with E-state index in [-0.39, 0.29) is 17.7 Å². The van der Waals surface area contributed by atoms with Crippen LogP contribution in [0.2, 0.25) is 0 Å². The van der Waals surface area contributed by atoms with Gasteiger partial charge in [-0.25, -0.2) is 4.98 Å². The Balaban J connectivity index is 1.40. The number of imidazole rings is 1. The normalized spacial score (nSPS) is 22.2. The number of nitrogens with one attached hydrogen (secondary N) is 2. The van der Waals surface area contributed by atoms with Gasteiger partial charge in [0.2, 0.25) is 11.8 Å². The standard InChI is InChI=1S/C17H27N5O3/c23-16-3-2-14(17(24)20-12-15-18-4-5-19-15)13-22(16)7-1-6-21-8-10-25-11-9-21/h4-5,14H,1-3,6-13H2,(H,18,19)(H,20,24)/t14-/m0/s1. The largest absolute Gasteiger partial charge is 0.379 e. The summed E-state index contributed by atoms with van der Waals surface area (Å²) in [5, 5.41) is 2.91. The lowest BCUT2D eigenvalue weighted by Crippen LogP contribution is -2.46. The van der Waals surface area contributed by atoms with Gasteiger partial charge < -0.3 is 19.9 Å². The SMILES string of the molecule is O=C(NCc1ncc[nH]1)[C@H]1CCC(=O)N(CCCN2CCOCC2)C1. The van der Waals surface area contributed by atoms with Gasteiger partial charge in [0.25, 0.3) is 0 Å². The second-order valence-electron chi connectivity index (χ2n) is 6.64. The summed E-state index contributed by atoms with van der Waals surface area (Å²) in [6.45, 7) is 6.12. The fourth-order valence-corrected chi connectivity index (χ4v) is 3.36. The molecule has 3 rings (SSSR count). The van der Waals surface area contributed by atoms with Crippen molar-refractivity contribution in [3.63, 3.8) is 0 Å². The second kappa shape index (κ2) is 8.96. The zero-order valence-electron chi connectivity index (χ0n) is 14.6. The van der Waals surface area contributed by atoms with Crippen molar-refractivity contribution in [2.75, 3.05) is 45.9 Å². The van der Waals surface area contributed by atoms with E-state index in [1.807, 2.05) is 4.90 Å². The highest BCUT2D eigenvalue weighted by atomic mass is 16.5. The number of aromatic nitrogens is 2. The summed E-state index contributed by atoms with van der Waals surface area (Å²) in [5.74, 6) is 0.776. The van der Waals surface area contributed by atoms with E-state index in [0.717, 1.165) is 51.6 Å². The summed E-state index contributed by atoms with van der Waals surface area (Å²) in [7, 11) is 0. The Morgan fingerprint density at radius 3 is 2.96 bits per heavy atom. The van der Waals surface area contributed by atoms with Gasteiger partial charge in [-0.3, -0.25) is 14.5 Å². The number of hydrogen-bond acceptors (Lipinski definition) is 5. The van der Waals surface area contributed by atoms with Crippen LogP contribution in [0.15, 0.2) is 12.4 Å². The average Bonchev–Trinajstić information content (AvgIpc) is 3.16. The van der Waals surface area contributed by atoms with Gasteiger partial charge in [-0.05, 0) is 12.8 Å². The number of piperidine rings is 1. The first-order chi connectivity index (χ1) is 12.2. The maximum atomic E-state index is 12.4. The number of rotatable bonds is 7. The van der Waals surface area contributed by atoms with Gasteiger partial charge >= 0.3 is 0 Å². The molecule has 25 heavy (non-hydrogen) atoms. The van der Waals surface area contributed by atoms with Crippen molar-refractivity contribution < 1.29 is 14.3 Å². The van der Waals surface area contributed by atoms with Gasteiger partial charge in [0.1, 0.15) is 5.82 Å². The minimum atomic E-state index is -0.129. The molecule has 8 nitrogen and oxygen atoms in total. The summed E-state index contributed by atoms with van der Waals surface area (Å²) in [6.07, 6.45) is 5.42. The average molecular weight is 349 g/mol. The van der Waals surface area contributed by atoms with Crippen LogP contribution in [0.1, 0.15) is 25.1 Å². The van der Waals surface area contributed by atoms with E-state index >= 15 is 0 Å². The van der Waals surface area contributed by atoms with Gasteiger partial charge in [0.15, 0.2) is 0 Å². The maximum absolute atomic E-state index is 12.4. The van der Waals surface area contributed by atoms with Crippen LogP contribution in [-0.2, 0) is 20.9 Å². The fourth-order valence-electron chi connectivity index (χ4n) is 3.36. The molecule has 1 aromatic heterocycles. The third-order valence-electron chi connectivity index (χ3n) is 4.86. The Labute approximate surface area is 147 Å². The molecule has 2 amide bonds. The van der Waals surface area contributed by atoms with Crippen molar-refractivity contribution in [1.29, 1.82) is 0 Å². The van der Waals surface area contributed by atoms with E-state index in [1.165, 1.54) is 0 Å². The first kappa shape index (κ1) is 17.9. The molecule has 0 saturated carbocycles. The molecule has 2 aliphatic rings. The van der Waals surface area contributed by atoms with Gasteiger partial charge in [-0.2, -0.15) is 0 Å². The summed E-state index contributed by atoms with van der Waals surface area (Å²) < 4.78 is 5.35. The molecule has 3 heterocycles. The van der Waals surface area contributed by atoms with E-state index in [1.54, 1.807) is 12.4 Å². The smallest absolute Gasteiger partial charge is 0.225 e. The van der Waals surface area contributed by atoms with Gasteiger partial charge in [0.05, 0.1) is 25.7 Å². The highest BCUT2D eigenvalue weighted by molar-refractivity contribution is 5.83. The molecule has 0 spiro atoms. The molecule has 2 saturated heterocycles. The third kappa shape index (κ3) is 5.27. The number of carbonyl (C=O) groups excluding carboxylic acids is 2. The lowest BCUT2D eigenvalue weighted by Gasteiger charge is -2.33. The molecule has 0 bridgehead atoms. The molecule has 1 atom stereocenters. The van der Waals surface area contributed by atoms with Crippen LogP contribution in [0, 0.1) is 5.92 Å².